The summed E-state index contributed by atoms with van der Waals surface area (Å²) in [5, 5.41) is 16.4. The van der Waals surface area contributed by atoms with Crippen LogP contribution in [0.5, 0.6) is 0 Å². The highest BCUT2D eigenvalue weighted by molar-refractivity contribution is 5.84. The second-order valence-electron chi connectivity index (χ2n) is 4.14. The van der Waals surface area contributed by atoms with Gasteiger partial charge in [0.05, 0.1) is 6.61 Å². The van der Waals surface area contributed by atoms with Gasteiger partial charge < -0.3 is 10.2 Å². The van der Waals surface area contributed by atoms with Crippen molar-refractivity contribution >= 4 is 5.97 Å². The van der Waals surface area contributed by atoms with Crippen LogP contribution in [0.4, 0.5) is 0 Å². The quantitative estimate of drug-likeness (QED) is 0.572. The van der Waals surface area contributed by atoms with Crippen LogP contribution < -0.4 is 0 Å². The molecule has 3 heteroatoms. The van der Waals surface area contributed by atoms with Crippen LogP contribution >= 0.6 is 0 Å². The molecule has 0 unspecified atom stereocenters. The molecule has 0 aromatic carbocycles. The first-order valence-electron chi connectivity index (χ1n) is 5.59. The first-order valence-corrected chi connectivity index (χ1v) is 5.59. The summed E-state index contributed by atoms with van der Waals surface area (Å²) in [5.74, 6) is -0.935. The molecule has 0 radical (unpaired) electrons. The van der Waals surface area contributed by atoms with Crippen molar-refractivity contribution in [3.8, 4) is 0 Å². The number of hydrogen-bond acceptors (Lipinski definition) is 2. The number of carbonyl (C=O) groups is 1. The van der Waals surface area contributed by atoms with Crippen molar-refractivity contribution < 1.29 is 15.0 Å². The SMILES string of the molecule is C=C(C)C(=O)O.CC(C)=CCC/C(C)=C/CO. The Bertz CT molecular complexity index is 283. The molecule has 0 saturated carbocycles. The van der Waals surface area contributed by atoms with Gasteiger partial charge in [0.15, 0.2) is 0 Å². The molecule has 0 bridgehead atoms. The Labute approximate surface area is 104 Å². The summed E-state index contributed by atoms with van der Waals surface area (Å²) in [5.41, 5.74) is 2.81. The third-order valence-corrected chi connectivity index (χ3v) is 1.90. The predicted molar refractivity (Wildman–Crippen MR) is 72.0 cm³/mol. The number of rotatable bonds is 5. The zero-order valence-corrected chi connectivity index (χ0v) is 11.3. The minimum atomic E-state index is -0.935. The normalized spacial score (nSPS) is 10.1. The van der Waals surface area contributed by atoms with Gasteiger partial charge in [-0.25, -0.2) is 4.79 Å². The first kappa shape index (κ1) is 18.0. The third-order valence-electron chi connectivity index (χ3n) is 1.90. The van der Waals surface area contributed by atoms with E-state index in [0.29, 0.717) is 0 Å². The van der Waals surface area contributed by atoms with Crippen molar-refractivity contribution in [3.63, 3.8) is 0 Å². The van der Waals surface area contributed by atoms with Crippen LogP contribution in [0.2, 0.25) is 0 Å². The molecule has 0 fully saturated rings. The van der Waals surface area contributed by atoms with Crippen molar-refractivity contribution in [1.29, 1.82) is 0 Å². The second-order valence-corrected chi connectivity index (χ2v) is 4.14. The van der Waals surface area contributed by atoms with Gasteiger partial charge in [-0.1, -0.05) is 29.9 Å². The summed E-state index contributed by atoms with van der Waals surface area (Å²) in [4.78, 5) is 9.60. The molecule has 0 aliphatic heterocycles. The molecule has 0 atom stereocenters. The average molecular weight is 240 g/mol. The fraction of sp³-hybridized carbons (Fsp3) is 0.500. The first-order chi connectivity index (χ1) is 7.81. The van der Waals surface area contributed by atoms with Crippen molar-refractivity contribution in [2.45, 2.75) is 40.5 Å². The fourth-order valence-corrected chi connectivity index (χ4v) is 0.846. The minimum Gasteiger partial charge on any atom is -0.478 e. The van der Waals surface area contributed by atoms with Gasteiger partial charge in [0.2, 0.25) is 0 Å². The molecule has 0 spiro atoms. The Balaban J connectivity index is 0. The lowest BCUT2D eigenvalue weighted by atomic mass is 10.1. The summed E-state index contributed by atoms with van der Waals surface area (Å²) in [6, 6.07) is 0. The highest BCUT2D eigenvalue weighted by Crippen LogP contribution is 2.05. The molecule has 3 nitrogen and oxygen atoms in total. The number of carboxylic acid groups (broad SMARTS) is 1. The molecular formula is C14H24O3. The molecule has 17 heavy (non-hydrogen) atoms. The smallest absolute Gasteiger partial charge is 0.330 e. The van der Waals surface area contributed by atoms with E-state index in [1.165, 1.54) is 18.1 Å². The maximum absolute atomic E-state index is 9.60. The summed E-state index contributed by atoms with van der Waals surface area (Å²) in [7, 11) is 0. The van der Waals surface area contributed by atoms with Crippen molar-refractivity contribution in [2.24, 2.45) is 0 Å². The highest BCUT2D eigenvalue weighted by Gasteiger charge is 1.90. The van der Waals surface area contributed by atoms with Gasteiger partial charge in [0.1, 0.15) is 0 Å². The second kappa shape index (κ2) is 11.1. The van der Waals surface area contributed by atoms with Gasteiger partial charge in [-0.2, -0.15) is 0 Å². The van der Waals surface area contributed by atoms with Crippen LogP contribution in [0.15, 0.2) is 35.5 Å². The maximum Gasteiger partial charge on any atom is 0.330 e. The van der Waals surface area contributed by atoms with Gasteiger partial charge in [0.25, 0.3) is 0 Å². The zero-order chi connectivity index (χ0) is 13.8. The van der Waals surface area contributed by atoms with Crippen LogP contribution in [0.25, 0.3) is 0 Å². The Kier molecular flexibility index (Phi) is 11.8. The van der Waals surface area contributed by atoms with Crippen LogP contribution in [0, 0.1) is 0 Å². The highest BCUT2D eigenvalue weighted by atomic mass is 16.4. The molecule has 0 aliphatic carbocycles. The molecule has 98 valence electrons. The van der Waals surface area contributed by atoms with Gasteiger partial charge in [-0.3, -0.25) is 0 Å². The lowest BCUT2D eigenvalue weighted by molar-refractivity contribution is -0.132. The Morgan fingerprint density at radius 2 is 1.65 bits per heavy atom. The van der Waals surface area contributed by atoms with E-state index in [2.05, 4.69) is 33.4 Å². The van der Waals surface area contributed by atoms with E-state index in [9.17, 15) is 4.79 Å². The van der Waals surface area contributed by atoms with Gasteiger partial charge >= 0.3 is 5.97 Å². The van der Waals surface area contributed by atoms with Crippen molar-refractivity contribution in [1.82, 2.24) is 0 Å². The van der Waals surface area contributed by atoms with E-state index in [4.69, 9.17) is 10.2 Å². The average Bonchev–Trinajstić information content (AvgIpc) is 2.18. The fourth-order valence-electron chi connectivity index (χ4n) is 0.846. The van der Waals surface area contributed by atoms with E-state index in [-0.39, 0.29) is 12.2 Å². The summed E-state index contributed by atoms with van der Waals surface area (Å²) < 4.78 is 0. The zero-order valence-electron chi connectivity index (χ0n) is 11.3. The van der Waals surface area contributed by atoms with Crippen molar-refractivity contribution in [3.05, 3.63) is 35.5 Å². The standard InChI is InChI=1S/C10H18O.C4H6O2/c1-9(2)5-4-6-10(3)7-8-11;1-3(2)4(5)6/h5,7,11H,4,6,8H2,1-3H3;1H2,2H3,(H,5,6)/b10-7+;. The van der Waals surface area contributed by atoms with Crippen LogP contribution in [0.3, 0.4) is 0 Å². The molecule has 0 rings (SSSR count). The molecule has 0 saturated heterocycles. The van der Waals surface area contributed by atoms with Crippen LogP contribution in [-0.2, 0) is 4.79 Å². The van der Waals surface area contributed by atoms with E-state index in [0.717, 1.165) is 12.8 Å². The van der Waals surface area contributed by atoms with Gasteiger partial charge in [-0.15, -0.1) is 0 Å². The molecule has 0 amide bonds. The number of allylic oxidation sites excluding steroid dienone is 3. The summed E-state index contributed by atoms with van der Waals surface area (Å²) in [6.45, 7) is 11.0. The third kappa shape index (κ3) is 17.3. The lowest BCUT2D eigenvalue weighted by Crippen LogP contribution is -1.92. The maximum atomic E-state index is 9.60. The summed E-state index contributed by atoms with van der Waals surface area (Å²) in [6.07, 6.45) is 6.23. The van der Waals surface area contributed by atoms with Gasteiger partial charge in [-0.05, 0) is 40.5 Å². The van der Waals surface area contributed by atoms with Gasteiger partial charge in [0, 0.05) is 5.57 Å². The van der Waals surface area contributed by atoms with E-state index < -0.39 is 5.97 Å². The van der Waals surface area contributed by atoms with E-state index in [1.54, 1.807) is 0 Å². The molecule has 0 aromatic rings. The Morgan fingerprint density at radius 1 is 1.18 bits per heavy atom. The molecule has 0 aromatic heterocycles. The molecular weight excluding hydrogens is 216 g/mol. The summed E-state index contributed by atoms with van der Waals surface area (Å²) >= 11 is 0. The number of carboxylic acids is 1. The Hall–Kier alpha value is -1.35. The lowest BCUT2D eigenvalue weighted by Gasteiger charge is -1.96. The molecule has 0 aliphatic rings. The van der Waals surface area contributed by atoms with Crippen LogP contribution in [0.1, 0.15) is 40.5 Å². The largest absolute Gasteiger partial charge is 0.478 e. The number of aliphatic hydroxyl groups excluding tert-OH is 1. The van der Waals surface area contributed by atoms with E-state index in [1.807, 2.05) is 6.08 Å². The minimum absolute atomic E-state index is 0.167. The predicted octanol–water partition coefficient (Wildman–Crippen LogP) is 3.32. The van der Waals surface area contributed by atoms with Crippen LogP contribution in [-0.4, -0.2) is 22.8 Å². The molecule has 2 N–H and O–H groups in total. The number of aliphatic carboxylic acids is 1. The Morgan fingerprint density at radius 3 is 1.94 bits per heavy atom. The number of aliphatic hydroxyl groups is 1. The topological polar surface area (TPSA) is 57.5 Å². The van der Waals surface area contributed by atoms with E-state index >= 15 is 0 Å². The monoisotopic (exact) mass is 240 g/mol. The molecule has 0 heterocycles. The van der Waals surface area contributed by atoms with Crippen molar-refractivity contribution in [2.75, 3.05) is 6.61 Å². The number of hydrogen-bond donors (Lipinski definition) is 2.